The van der Waals surface area contributed by atoms with Crippen LogP contribution in [0.15, 0.2) is 40.8 Å². The van der Waals surface area contributed by atoms with Crippen molar-refractivity contribution in [3.63, 3.8) is 0 Å². The zero-order chi connectivity index (χ0) is 18.7. The van der Waals surface area contributed by atoms with Crippen molar-refractivity contribution in [2.45, 2.75) is 20.3 Å². The molecule has 3 rings (SSSR count). The topological polar surface area (TPSA) is 60.7 Å². The second kappa shape index (κ2) is 7.52. The minimum atomic E-state index is -0.218. The molecule has 0 unspecified atom stereocenters. The number of amides is 1. The average molecular weight is 353 g/mol. The monoisotopic (exact) mass is 353 g/mol. The molecule has 26 heavy (non-hydrogen) atoms. The van der Waals surface area contributed by atoms with E-state index >= 15 is 0 Å². The predicted octanol–water partition coefficient (Wildman–Crippen LogP) is 4.04. The van der Waals surface area contributed by atoms with E-state index in [1.165, 1.54) is 0 Å². The first kappa shape index (κ1) is 17.9. The number of fused-ring (bicyclic) bond motifs is 1. The lowest BCUT2D eigenvalue weighted by molar-refractivity contribution is 0.0927. The van der Waals surface area contributed by atoms with Crippen molar-refractivity contribution in [2.24, 2.45) is 0 Å². The molecule has 136 valence electrons. The van der Waals surface area contributed by atoms with Crippen molar-refractivity contribution in [2.75, 3.05) is 20.8 Å². The van der Waals surface area contributed by atoms with Gasteiger partial charge in [-0.2, -0.15) is 0 Å². The number of hydrogen-bond acceptors (Lipinski definition) is 4. The molecule has 1 heterocycles. The predicted molar refractivity (Wildman–Crippen MR) is 101 cm³/mol. The molecule has 5 nitrogen and oxygen atoms in total. The highest BCUT2D eigenvalue weighted by atomic mass is 16.5. The van der Waals surface area contributed by atoms with Gasteiger partial charge in [0.1, 0.15) is 17.1 Å². The van der Waals surface area contributed by atoms with E-state index in [1.54, 1.807) is 14.2 Å². The zero-order valence-corrected chi connectivity index (χ0v) is 15.5. The van der Waals surface area contributed by atoms with Crippen LogP contribution in [0, 0.1) is 13.8 Å². The lowest BCUT2D eigenvalue weighted by atomic mass is 10.1. The molecule has 0 bridgehead atoms. The third kappa shape index (κ3) is 3.52. The second-order valence-corrected chi connectivity index (χ2v) is 6.24. The lowest BCUT2D eigenvalue weighted by Crippen LogP contribution is -2.26. The molecular weight excluding hydrogens is 330 g/mol. The maximum Gasteiger partial charge on any atom is 0.287 e. The SMILES string of the molecule is COc1ccc2oc(C(=O)NCCc3cc(C)ccc3OC)c(C)c2c1. The number of aryl methyl sites for hydroxylation is 2. The summed E-state index contributed by atoms with van der Waals surface area (Å²) in [5.74, 6) is 1.69. The van der Waals surface area contributed by atoms with Crippen LogP contribution in [0.3, 0.4) is 0 Å². The Morgan fingerprint density at radius 3 is 2.62 bits per heavy atom. The van der Waals surface area contributed by atoms with E-state index < -0.39 is 0 Å². The third-order valence-corrected chi connectivity index (χ3v) is 4.47. The van der Waals surface area contributed by atoms with Gasteiger partial charge in [0, 0.05) is 17.5 Å². The van der Waals surface area contributed by atoms with Gasteiger partial charge >= 0.3 is 0 Å². The Labute approximate surface area is 152 Å². The largest absolute Gasteiger partial charge is 0.497 e. The summed E-state index contributed by atoms with van der Waals surface area (Å²) < 4.78 is 16.4. The normalized spacial score (nSPS) is 10.8. The molecule has 0 radical (unpaired) electrons. The van der Waals surface area contributed by atoms with E-state index in [9.17, 15) is 4.79 Å². The summed E-state index contributed by atoms with van der Waals surface area (Å²) in [7, 11) is 3.27. The number of ether oxygens (including phenoxy) is 2. The Morgan fingerprint density at radius 2 is 1.88 bits per heavy atom. The molecule has 1 aromatic heterocycles. The fourth-order valence-corrected chi connectivity index (χ4v) is 3.04. The minimum Gasteiger partial charge on any atom is -0.497 e. The Bertz CT molecular complexity index is 943. The maximum absolute atomic E-state index is 12.5. The number of methoxy groups -OCH3 is 2. The summed E-state index contributed by atoms with van der Waals surface area (Å²) in [6, 6.07) is 11.5. The molecule has 0 saturated heterocycles. The molecule has 1 N–H and O–H groups in total. The van der Waals surface area contributed by atoms with E-state index in [0.717, 1.165) is 33.6 Å². The van der Waals surface area contributed by atoms with E-state index in [2.05, 4.69) is 11.4 Å². The number of carbonyl (C=O) groups is 1. The molecule has 0 aliphatic carbocycles. The quantitative estimate of drug-likeness (QED) is 0.726. The highest BCUT2D eigenvalue weighted by Crippen LogP contribution is 2.28. The number of rotatable bonds is 6. The van der Waals surface area contributed by atoms with Gasteiger partial charge in [0.05, 0.1) is 14.2 Å². The summed E-state index contributed by atoms with van der Waals surface area (Å²) in [6.07, 6.45) is 0.684. The van der Waals surface area contributed by atoms with Gasteiger partial charge < -0.3 is 19.2 Å². The van der Waals surface area contributed by atoms with Crippen molar-refractivity contribution in [3.8, 4) is 11.5 Å². The van der Waals surface area contributed by atoms with Crippen molar-refractivity contribution < 1.29 is 18.7 Å². The van der Waals surface area contributed by atoms with E-state index in [1.807, 2.05) is 44.2 Å². The summed E-state index contributed by atoms with van der Waals surface area (Å²) in [5, 5.41) is 3.81. The highest BCUT2D eigenvalue weighted by molar-refractivity contribution is 5.99. The second-order valence-electron chi connectivity index (χ2n) is 6.24. The van der Waals surface area contributed by atoms with Gasteiger partial charge in [-0.25, -0.2) is 0 Å². The summed E-state index contributed by atoms with van der Waals surface area (Å²) in [5.41, 5.74) is 3.71. The first-order chi connectivity index (χ1) is 12.5. The minimum absolute atomic E-state index is 0.218. The van der Waals surface area contributed by atoms with Crippen LogP contribution in [0.2, 0.25) is 0 Å². The molecule has 2 aromatic carbocycles. The van der Waals surface area contributed by atoms with Gasteiger partial charge in [0.25, 0.3) is 5.91 Å². The van der Waals surface area contributed by atoms with E-state index in [-0.39, 0.29) is 5.91 Å². The van der Waals surface area contributed by atoms with Crippen LogP contribution in [0.25, 0.3) is 11.0 Å². The molecule has 1 amide bonds. The molecule has 0 aliphatic rings. The van der Waals surface area contributed by atoms with Crippen LogP contribution < -0.4 is 14.8 Å². The van der Waals surface area contributed by atoms with Gasteiger partial charge in [0.2, 0.25) is 0 Å². The third-order valence-electron chi connectivity index (χ3n) is 4.47. The molecule has 3 aromatic rings. The van der Waals surface area contributed by atoms with Crippen LogP contribution >= 0.6 is 0 Å². The Kier molecular flexibility index (Phi) is 5.16. The van der Waals surface area contributed by atoms with Crippen LogP contribution in [-0.4, -0.2) is 26.7 Å². The van der Waals surface area contributed by atoms with Gasteiger partial charge in [-0.05, 0) is 50.1 Å². The van der Waals surface area contributed by atoms with Crippen LogP contribution in [0.5, 0.6) is 11.5 Å². The number of hydrogen-bond donors (Lipinski definition) is 1. The summed E-state index contributed by atoms with van der Waals surface area (Å²) >= 11 is 0. The standard InChI is InChI=1S/C21H23NO4/c1-13-5-7-18(25-4)15(11-13)9-10-22-21(23)20-14(2)17-12-16(24-3)6-8-19(17)26-20/h5-8,11-12H,9-10H2,1-4H3,(H,22,23). The van der Waals surface area contributed by atoms with Crippen LogP contribution in [0.1, 0.15) is 27.2 Å². The van der Waals surface area contributed by atoms with Crippen molar-refractivity contribution in [1.82, 2.24) is 5.32 Å². The van der Waals surface area contributed by atoms with Crippen LogP contribution in [-0.2, 0) is 6.42 Å². The lowest BCUT2D eigenvalue weighted by Gasteiger charge is -2.10. The molecule has 0 saturated carbocycles. The molecular formula is C21H23NO4. The van der Waals surface area contributed by atoms with Crippen molar-refractivity contribution in [3.05, 3.63) is 58.8 Å². The van der Waals surface area contributed by atoms with E-state index in [0.29, 0.717) is 24.3 Å². The Morgan fingerprint density at radius 1 is 1.08 bits per heavy atom. The van der Waals surface area contributed by atoms with Gasteiger partial charge in [-0.1, -0.05) is 17.7 Å². The average Bonchev–Trinajstić information content (AvgIpc) is 2.98. The first-order valence-electron chi connectivity index (χ1n) is 8.52. The Hall–Kier alpha value is -2.95. The molecule has 0 aliphatic heterocycles. The van der Waals surface area contributed by atoms with Crippen molar-refractivity contribution in [1.29, 1.82) is 0 Å². The molecule has 5 heteroatoms. The van der Waals surface area contributed by atoms with Crippen LogP contribution in [0.4, 0.5) is 0 Å². The number of nitrogens with one attached hydrogen (secondary N) is 1. The fraction of sp³-hybridized carbons (Fsp3) is 0.286. The summed E-state index contributed by atoms with van der Waals surface area (Å²) in [4.78, 5) is 12.5. The number of carbonyl (C=O) groups excluding carboxylic acids is 1. The maximum atomic E-state index is 12.5. The number of furan rings is 1. The van der Waals surface area contributed by atoms with Crippen molar-refractivity contribution >= 4 is 16.9 Å². The smallest absolute Gasteiger partial charge is 0.287 e. The fourth-order valence-electron chi connectivity index (χ4n) is 3.04. The number of benzene rings is 2. The van der Waals surface area contributed by atoms with Gasteiger partial charge in [-0.15, -0.1) is 0 Å². The first-order valence-corrected chi connectivity index (χ1v) is 8.52. The highest BCUT2D eigenvalue weighted by Gasteiger charge is 2.18. The molecule has 0 fully saturated rings. The van der Waals surface area contributed by atoms with E-state index in [4.69, 9.17) is 13.9 Å². The zero-order valence-electron chi connectivity index (χ0n) is 15.5. The van der Waals surface area contributed by atoms with Gasteiger partial charge in [-0.3, -0.25) is 4.79 Å². The molecule has 0 atom stereocenters. The Balaban J connectivity index is 1.72. The molecule has 0 spiro atoms. The summed E-state index contributed by atoms with van der Waals surface area (Å²) in [6.45, 7) is 4.41. The van der Waals surface area contributed by atoms with Gasteiger partial charge in [0.15, 0.2) is 5.76 Å².